The Kier molecular flexibility index (Phi) is 4.26. The Bertz CT molecular complexity index is 784. The van der Waals surface area contributed by atoms with Gasteiger partial charge in [-0.05, 0) is 25.1 Å². The summed E-state index contributed by atoms with van der Waals surface area (Å²) in [6.07, 6.45) is 0. The average molecular weight is 326 g/mol. The van der Waals surface area contributed by atoms with E-state index < -0.39 is 15.9 Å². The Morgan fingerprint density at radius 3 is 2.67 bits per heavy atom. The molecular weight excluding hydrogens is 312 g/mol. The second-order valence-corrected chi connectivity index (χ2v) is 7.00. The first-order valence-corrected chi connectivity index (χ1v) is 8.26. The summed E-state index contributed by atoms with van der Waals surface area (Å²) in [5.41, 5.74) is 11.7. The molecule has 5 N–H and O–H groups in total. The van der Waals surface area contributed by atoms with Gasteiger partial charge in [0, 0.05) is 16.6 Å². The zero-order valence-electron chi connectivity index (χ0n) is 11.2. The monoisotopic (exact) mass is 326 g/mol. The van der Waals surface area contributed by atoms with E-state index in [1.54, 1.807) is 0 Å². The number of aromatic nitrogens is 1. The maximum absolute atomic E-state index is 12.2. The molecule has 0 bridgehead atoms. The Morgan fingerprint density at radius 1 is 1.43 bits per heavy atom. The van der Waals surface area contributed by atoms with Gasteiger partial charge in [0.25, 0.3) is 0 Å². The Hall–Kier alpha value is -1.97. The lowest BCUT2D eigenvalue weighted by Gasteiger charge is -2.09. The minimum absolute atomic E-state index is 0.0332. The fraction of sp³-hybridized carbons (Fsp3) is 0.167. The smallest absolute Gasteiger partial charge is 0.248 e. The van der Waals surface area contributed by atoms with Gasteiger partial charge in [0.15, 0.2) is 0 Å². The lowest BCUT2D eigenvalue weighted by atomic mass is 10.2. The maximum atomic E-state index is 12.2. The third-order valence-electron chi connectivity index (χ3n) is 2.66. The number of hydrogen-bond acceptors (Lipinski definition) is 6. The van der Waals surface area contributed by atoms with E-state index in [9.17, 15) is 13.2 Å². The molecule has 0 spiro atoms. The quantitative estimate of drug-likeness (QED) is 0.693. The summed E-state index contributed by atoms with van der Waals surface area (Å²) < 4.78 is 26.8. The highest BCUT2D eigenvalue weighted by atomic mass is 32.2. The number of aryl methyl sites for hydroxylation is 1. The van der Waals surface area contributed by atoms with Crippen LogP contribution in [0.3, 0.4) is 0 Å². The van der Waals surface area contributed by atoms with Gasteiger partial charge in [0.05, 0.1) is 12.2 Å². The van der Waals surface area contributed by atoms with Crippen molar-refractivity contribution in [2.24, 2.45) is 5.73 Å². The average Bonchev–Trinajstić information content (AvgIpc) is 2.82. The first kappa shape index (κ1) is 15.4. The van der Waals surface area contributed by atoms with Gasteiger partial charge >= 0.3 is 0 Å². The van der Waals surface area contributed by atoms with Crippen molar-refractivity contribution < 1.29 is 13.2 Å². The molecule has 0 aliphatic heterocycles. The number of amides is 1. The molecule has 1 aromatic heterocycles. The van der Waals surface area contributed by atoms with Crippen molar-refractivity contribution >= 4 is 33.0 Å². The standard InChI is InChI=1S/C12H14N4O3S2/c1-7-6-20-11(16-7)5-15-21(18,19)10-3-2-8(12(14)17)4-9(10)13/h2-4,6,15H,5,13H2,1H3,(H2,14,17). The summed E-state index contributed by atoms with van der Waals surface area (Å²) >= 11 is 1.37. The number of anilines is 1. The number of hydrogen-bond donors (Lipinski definition) is 3. The highest BCUT2D eigenvalue weighted by Crippen LogP contribution is 2.20. The summed E-state index contributed by atoms with van der Waals surface area (Å²) in [5.74, 6) is -0.670. The molecule has 0 radical (unpaired) electrons. The highest BCUT2D eigenvalue weighted by molar-refractivity contribution is 7.89. The van der Waals surface area contributed by atoms with Crippen LogP contribution >= 0.6 is 11.3 Å². The van der Waals surface area contributed by atoms with Gasteiger partial charge in [-0.1, -0.05) is 0 Å². The van der Waals surface area contributed by atoms with Crippen LogP contribution in [0.15, 0.2) is 28.5 Å². The molecule has 112 valence electrons. The molecule has 2 rings (SSSR count). The van der Waals surface area contributed by atoms with Gasteiger partial charge in [-0.15, -0.1) is 11.3 Å². The molecular formula is C12H14N4O3S2. The van der Waals surface area contributed by atoms with Gasteiger partial charge in [-0.25, -0.2) is 18.1 Å². The third-order valence-corrected chi connectivity index (χ3v) is 5.11. The number of nitrogens with zero attached hydrogens (tertiary/aromatic N) is 1. The van der Waals surface area contributed by atoms with E-state index in [4.69, 9.17) is 11.5 Å². The molecule has 0 unspecified atom stereocenters. The third kappa shape index (κ3) is 3.57. The molecule has 1 amide bonds. The molecule has 21 heavy (non-hydrogen) atoms. The molecule has 0 saturated heterocycles. The van der Waals surface area contributed by atoms with Crippen molar-refractivity contribution in [3.05, 3.63) is 39.8 Å². The number of benzene rings is 1. The molecule has 0 saturated carbocycles. The van der Waals surface area contributed by atoms with Gasteiger partial charge in [-0.3, -0.25) is 4.79 Å². The van der Waals surface area contributed by atoms with Crippen molar-refractivity contribution in [2.75, 3.05) is 5.73 Å². The van der Waals surface area contributed by atoms with E-state index in [0.29, 0.717) is 5.01 Å². The normalized spacial score (nSPS) is 11.5. The number of sulfonamides is 1. The first-order valence-electron chi connectivity index (χ1n) is 5.89. The second kappa shape index (κ2) is 5.80. The fourth-order valence-electron chi connectivity index (χ4n) is 1.66. The SMILES string of the molecule is Cc1csc(CNS(=O)(=O)c2ccc(C(N)=O)cc2N)n1. The maximum Gasteiger partial charge on any atom is 0.248 e. The highest BCUT2D eigenvalue weighted by Gasteiger charge is 2.18. The molecule has 1 aromatic carbocycles. The topological polar surface area (TPSA) is 128 Å². The van der Waals surface area contributed by atoms with Crippen LogP contribution in [0.5, 0.6) is 0 Å². The van der Waals surface area contributed by atoms with E-state index >= 15 is 0 Å². The van der Waals surface area contributed by atoms with Crippen molar-refractivity contribution in [2.45, 2.75) is 18.4 Å². The minimum Gasteiger partial charge on any atom is -0.398 e. The summed E-state index contributed by atoms with van der Waals surface area (Å²) in [4.78, 5) is 15.1. The van der Waals surface area contributed by atoms with Crippen molar-refractivity contribution in [1.29, 1.82) is 0 Å². The van der Waals surface area contributed by atoms with Crippen molar-refractivity contribution in [3.63, 3.8) is 0 Å². The molecule has 1 heterocycles. The van der Waals surface area contributed by atoms with Crippen molar-refractivity contribution in [3.8, 4) is 0 Å². The molecule has 2 aromatic rings. The zero-order valence-corrected chi connectivity index (χ0v) is 12.8. The number of carbonyl (C=O) groups excluding carboxylic acids is 1. The number of thiazole rings is 1. The summed E-state index contributed by atoms with van der Waals surface area (Å²) in [7, 11) is -3.78. The number of carbonyl (C=O) groups is 1. The number of primary amides is 1. The molecule has 0 aliphatic carbocycles. The van der Waals surface area contributed by atoms with Gasteiger partial charge in [0.2, 0.25) is 15.9 Å². The van der Waals surface area contributed by atoms with E-state index in [-0.39, 0.29) is 22.7 Å². The van der Waals surface area contributed by atoms with Crippen LogP contribution in [-0.4, -0.2) is 19.3 Å². The van der Waals surface area contributed by atoms with Crippen LogP contribution in [0.1, 0.15) is 21.1 Å². The van der Waals surface area contributed by atoms with Gasteiger partial charge in [0.1, 0.15) is 9.90 Å². The van der Waals surface area contributed by atoms with E-state index in [0.717, 1.165) is 5.69 Å². The molecule has 0 fully saturated rings. The summed E-state index contributed by atoms with van der Waals surface area (Å²) in [6, 6.07) is 3.82. The first-order chi connectivity index (χ1) is 9.79. The van der Waals surface area contributed by atoms with E-state index in [1.807, 2.05) is 12.3 Å². The molecule has 0 aliphatic rings. The van der Waals surface area contributed by atoms with E-state index in [2.05, 4.69) is 9.71 Å². The van der Waals surface area contributed by atoms with Crippen LogP contribution in [0.2, 0.25) is 0 Å². The predicted molar refractivity (Wildman–Crippen MR) is 80.2 cm³/mol. The van der Waals surface area contributed by atoms with Crippen LogP contribution in [0, 0.1) is 6.92 Å². The lowest BCUT2D eigenvalue weighted by Crippen LogP contribution is -2.24. The van der Waals surface area contributed by atoms with Crippen LogP contribution in [0.25, 0.3) is 0 Å². The summed E-state index contributed by atoms with van der Waals surface area (Å²) in [5, 5.41) is 2.49. The van der Waals surface area contributed by atoms with E-state index in [1.165, 1.54) is 29.5 Å². The van der Waals surface area contributed by atoms with Crippen molar-refractivity contribution in [1.82, 2.24) is 9.71 Å². The lowest BCUT2D eigenvalue weighted by molar-refractivity contribution is 0.1000. The molecule has 9 heteroatoms. The number of nitrogen functional groups attached to an aromatic ring is 1. The number of nitrogens with two attached hydrogens (primary N) is 2. The molecule has 7 nitrogen and oxygen atoms in total. The Morgan fingerprint density at radius 2 is 2.14 bits per heavy atom. The molecule has 0 atom stereocenters. The van der Waals surface area contributed by atoms with Gasteiger partial charge < -0.3 is 11.5 Å². The summed E-state index contributed by atoms with van der Waals surface area (Å²) in [6.45, 7) is 1.91. The van der Waals surface area contributed by atoms with Crippen LogP contribution in [-0.2, 0) is 16.6 Å². The Labute approximate surface area is 126 Å². The van der Waals surface area contributed by atoms with Gasteiger partial charge in [-0.2, -0.15) is 0 Å². The second-order valence-electron chi connectivity index (χ2n) is 4.32. The zero-order chi connectivity index (χ0) is 15.6. The predicted octanol–water partition coefficient (Wildman–Crippen LogP) is 0.611. The van der Waals surface area contributed by atoms with Crippen LogP contribution < -0.4 is 16.2 Å². The largest absolute Gasteiger partial charge is 0.398 e. The number of rotatable bonds is 5. The van der Waals surface area contributed by atoms with Crippen LogP contribution in [0.4, 0.5) is 5.69 Å². The number of nitrogens with one attached hydrogen (secondary N) is 1. The minimum atomic E-state index is -3.78. The Balaban J connectivity index is 2.21. The fourth-order valence-corrected chi connectivity index (χ4v) is 3.57.